The van der Waals surface area contributed by atoms with Gasteiger partial charge >= 0.3 is 0 Å². The third-order valence-electron chi connectivity index (χ3n) is 4.60. The number of carbonyl (C=O) groups is 1. The number of carbonyl (C=O) groups excluding carboxylic acids is 1. The fourth-order valence-electron chi connectivity index (χ4n) is 2.80. The molecule has 6 nitrogen and oxygen atoms in total. The molecule has 0 fully saturated rings. The van der Waals surface area contributed by atoms with Gasteiger partial charge in [0.15, 0.2) is 5.16 Å². The van der Waals surface area contributed by atoms with Crippen molar-refractivity contribution in [2.24, 2.45) is 7.05 Å². The lowest BCUT2D eigenvalue weighted by molar-refractivity contribution is -0.118. The van der Waals surface area contributed by atoms with Crippen molar-refractivity contribution in [2.45, 2.75) is 25.4 Å². The average Bonchev–Trinajstić information content (AvgIpc) is 2.98. The van der Waals surface area contributed by atoms with E-state index >= 15 is 0 Å². The molecule has 1 amide bonds. The van der Waals surface area contributed by atoms with Crippen molar-refractivity contribution in [2.75, 3.05) is 19.4 Å². The lowest BCUT2D eigenvalue weighted by Crippen LogP contribution is -2.28. The van der Waals surface area contributed by atoms with Crippen LogP contribution in [0.2, 0.25) is 0 Å². The average molecular weight is 418 g/mol. The first-order chi connectivity index (χ1) is 13.4. The van der Waals surface area contributed by atoms with Gasteiger partial charge in [-0.1, -0.05) is 23.9 Å². The number of aryl methyl sites for hydroxylation is 2. The minimum Gasteiger partial charge on any atom is -0.497 e. The topological polar surface area (TPSA) is 73.2 Å². The molecule has 3 aromatic rings. The molecule has 0 bridgehead atoms. The van der Waals surface area contributed by atoms with Crippen molar-refractivity contribution in [3.63, 3.8) is 0 Å². The summed E-state index contributed by atoms with van der Waals surface area (Å²) in [7, 11) is 3.33. The number of aromatic nitrogens is 2. The maximum absolute atomic E-state index is 12.6. The van der Waals surface area contributed by atoms with Gasteiger partial charge in [-0.15, -0.1) is 11.3 Å². The third kappa shape index (κ3) is 4.39. The molecule has 0 unspecified atom stereocenters. The molecule has 0 aliphatic heterocycles. The van der Waals surface area contributed by atoms with Crippen LogP contribution in [0.15, 0.2) is 34.2 Å². The number of thioether (sulfide) groups is 1. The molecular formula is C20H23N3O3S2. The van der Waals surface area contributed by atoms with Gasteiger partial charge in [-0.3, -0.25) is 14.2 Å². The van der Waals surface area contributed by atoms with Crippen molar-refractivity contribution < 1.29 is 9.53 Å². The molecular weight excluding hydrogens is 394 g/mol. The van der Waals surface area contributed by atoms with Gasteiger partial charge < -0.3 is 10.1 Å². The number of ether oxygens (including phenoxy) is 1. The molecule has 0 spiro atoms. The van der Waals surface area contributed by atoms with Crippen molar-refractivity contribution in [3.05, 3.63) is 50.6 Å². The quantitative estimate of drug-likeness (QED) is 0.472. The summed E-state index contributed by atoms with van der Waals surface area (Å²) < 4.78 is 6.66. The highest BCUT2D eigenvalue weighted by molar-refractivity contribution is 7.99. The Morgan fingerprint density at radius 2 is 2.00 bits per heavy atom. The predicted molar refractivity (Wildman–Crippen MR) is 115 cm³/mol. The molecule has 0 saturated carbocycles. The molecule has 28 heavy (non-hydrogen) atoms. The summed E-state index contributed by atoms with van der Waals surface area (Å²) in [6, 6.07) is 7.78. The number of fused-ring (bicyclic) bond motifs is 1. The maximum Gasteiger partial charge on any atom is 0.262 e. The van der Waals surface area contributed by atoms with Crippen LogP contribution < -0.4 is 15.6 Å². The van der Waals surface area contributed by atoms with Gasteiger partial charge in [0, 0.05) is 18.5 Å². The molecule has 0 atom stereocenters. The Kier molecular flexibility index (Phi) is 6.41. The van der Waals surface area contributed by atoms with E-state index in [0.29, 0.717) is 17.1 Å². The molecule has 8 heteroatoms. The third-order valence-corrected chi connectivity index (χ3v) is 6.73. The van der Waals surface area contributed by atoms with Gasteiger partial charge in [-0.25, -0.2) is 4.98 Å². The van der Waals surface area contributed by atoms with E-state index in [-0.39, 0.29) is 17.2 Å². The zero-order valence-corrected chi connectivity index (χ0v) is 18.0. The maximum atomic E-state index is 12.6. The Labute approximate surface area is 171 Å². The SMILES string of the molecule is COc1ccc(CCNC(=O)CSc2nc3sc(C)c(C)c3c(=O)n2C)cc1. The van der Waals surface area contributed by atoms with E-state index in [9.17, 15) is 9.59 Å². The van der Waals surface area contributed by atoms with Crippen LogP contribution in [0.25, 0.3) is 10.2 Å². The van der Waals surface area contributed by atoms with Crippen LogP contribution in [0, 0.1) is 13.8 Å². The number of amides is 1. The smallest absolute Gasteiger partial charge is 0.262 e. The number of nitrogens with zero attached hydrogens (tertiary/aromatic N) is 2. The first-order valence-corrected chi connectivity index (χ1v) is 10.7. The fraction of sp³-hybridized carbons (Fsp3) is 0.350. The number of hydrogen-bond donors (Lipinski definition) is 1. The summed E-state index contributed by atoms with van der Waals surface area (Å²) >= 11 is 2.80. The first kappa shape index (κ1) is 20.4. The van der Waals surface area contributed by atoms with E-state index in [0.717, 1.165) is 33.0 Å². The van der Waals surface area contributed by atoms with Crippen LogP contribution in [-0.2, 0) is 18.3 Å². The van der Waals surface area contributed by atoms with Gasteiger partial charge in [0.1, 0.15) is 10.6 Å². The van der Waals surface area contributed by atoms with Crippen molar-refractivity contribution >= 4 is 39.2 Å². The van der Waals surface area contributed by atoms with Gasteiger partial charge in [0.2, 0.25) is 5.91 Å². The van der Waals surface area contributed by atoms with Crippen LogP contribution in [0.1, 0.15) is 16.0 Å². The number of thiophene rings is 1. The highest BCUT2D eigenvalue weighted by Gasteiger charge is 2.15. The van der Waals surface area contributed by atoms with Gasteiger partial charge in [0.25, 0.3) is 5.56 Å². The zero-order valence-electron chi connectivity index (χ0n) is 16.4. The second-order valence-corrected chi connectivity index (χ2v) is 8.60. The number of hydrogen-bond acceptors (Lipinski definition) is 6. The van der Waals surface area contributed by atoms with Crippen LogP contribution in [0.3, 0.4) is 0 Å². The second-order valence-electron chi connectivity index (χ2n) is 6.46. The van der Waals surface area contributed by atoms with Gasteiger partial charge in [0.05, 0.1) is 18.2 Å². The Morgan fingerprint density at radius 3 is 2.68 bits per heavy atom. The van der Waals surface area contributed by atoms with Crippen LogP contribution >= 0.6 is 23.1 Å². The number of nitrogens with one attached hydrogen (secondary N) is 1. The summed E-state index contributed by atoms with van der Waals surface area (Å²) in [6.45, 7) is 4.49. The van der Waals surface area contributed by atoms with E-state index in [1.807, 2.05) is 38.1 Å². The summed E-state index contributed by atoms with van der Waals surface area (Å²) in [4.78, 5) is 31.2. The summed E-state index contributed by atoms with van der Waals surface area (Å²) in [5.41, 5.74) is 2.06. The molecule has 0 saturated heterocycles. The van der Waals surface area contributed by atoms with E-state index < -0.39 is 0 Å². The largest absolute Gasteiger partial charge is 0.497 e. The van der Waals surface area contributed by atoms with Crippen molar-refractivity contribution in [3.8, 4) is 5.75 Å². The first-order valence-electron chi connectivity index (χ1n) is 8.90. The molecule has 1 aromatic carbocycles. The standard InChI is InChI=1S/C20H23N3O3S2/c1-12-13(2)28-18-17(12)19(25)23(3)20(22-18)27-11-16(24)21-10-9-14-5-7-15(26-4)8-6-14/h5-8H,9-11H2,1-4H3,(H,21,24). The highest BCUT2D eigenvalue weighted by atomic mass is 32.2. The highest BCUT2D eigenvalue weighted by Crippen LogP contribution is 2.27. The molecule has 3 rings (SSSR count). The normalized spacial score (nSPS) is 11.0. The minimum absolute atomic E-state index is 0.0609. The number of methoxy groups -OCH3 is 1. The van der Waals surface area contributed by atoms with E-state index in [2.05, 4.69) is 10.3 Å². The van der Waals surface area contributed by atoms with E-state index in [1.54, 1.807) is 14.2 Å². The molecule has 2 aromatic heterocycles. The Hall–Kier alpha value is -2.32. The molecule has 148 valence electrons. The zero-order chi connectivity index (χ0) is 20.3. The number of benzene rings is 1. The molecule has 2 heterocycles. The Bertz CT molecular complexity index is 1060. The minimum atomic E-state index is -0.0774. The van der Waals surface area contributed by atoms with Crippen molar-refractivity contribution in [1.29, 1.82) is 0 Å². The summed E-state index contributed by atoms with van der Waals surface area (Å²) in [5.74, 6) is 0.958. The Morgan fingerprint density at radius 1 is 1.29 bits per heavy atom. The summed E-state index contributed by atoms with van der Waals surface area (Å²) in [6.07, 6.45) is 0.747. The number of rotatable bonds is 7. The Balaban J connectivity index is 1.57. The summed E-state index contributed by atoms with van der Waals surface area (Å²) in [5, 5.41) is 4.15. The second kappa shape index (κ2) is 8.79. The van der Waals surface area contributed by atoms with E-state index in [4.69, 9.17) is 4.74 Å². The monoisotopic (exact) mass is 417 g/mol. The fourth-order valence-corrected chi connectivity index (χ4v) is 4.68. The molecule has 0 aliphatic rings. The lowest BCUT2D eigenvalue weighted by atomic mass is 10.1. The molecule has 0 radical (unpaired) electrons. The van der Waals surface area contributed by atoms with E-state index in [1.165, 1.54) is 27.7 Å². The van der Waals surface area contributed by atoms with Crippen LogP contribution in [-0.4, -0.2) is 34.9 Å². The molecule has 1 N–H and O–H groups in total. The lowest BCUT2D eigenvalue weighted by Gasteiger charge is -2.08. The molecule has 0 aliphatic carbocycles. The predicted octanol–water partition coefficient (Wildman–Crippen LogP) is 3.07. The van der Waals surface area contributed by atoms with Crippen LogP contribution in [0.4, 0.5) is 0 Å². The van der Waals surface area contributed by atoms with Gasteiger partial charge in [-0.05, 0) is 43.5 Å². The van der Waals surface area contributed by atoms with Crippen molar-refractivity contribution in [1.82, 2.24) is 14.9 Å². The van der Waals surface area contributed by atoms with Crippen LogP contribution in [0.5, 0.6) is 5.75 Å². The van der Waals surface area contributed by atoms with Gasteiger partial charge in [-0.2, -0.15) is 0 Å².